The minimum Gasteiger partial charge on any atom is -0.493 e. The number of hydrogen-bond donors (Lipinski definition) is 1. The number of benzene rings is 3. The summed E-state index contributed by atoms with van der Waals surface area (Å²) in [5, 5.41) is 5.20. The third-order valence-electron chi connectivity index (χ3n) is 4.31. The molecule has 0 spiro atoms. The largest absolute Gasteiger partial charge is 0.493 e. The van der Waals surface area contributed by atoms with E-state index >= 15 is 0 Å². The molecule has 0 saturated carbocycles. The van der Waals surface area contributed by atoms with Crippen molar-refractivity contribution in [3.8, 4) is 5.75 Å². The van der Waals surface area contributed by atoms with Crippen molar-refractivity contribution in [2.24, 2.45) is 0 Å². The summed E-state index contributed by atoms with van der Waals surface area (Å²) in [7, 11) is 0. The molecular formula is C24H27NO3. The highest BCUT2D eigenvalue weighted by molar-refractivity contribution is 5.88. The fourth-order valence-corrected chi connectivity index (χ4v) is 3.07. The minimum absolute atomic E-state index is 0.189. The van der Waals surface area contributed by atoms with Crippen LogP contribution < -0.4 is 10.1 Å². The highest BCUT2D eigenvalue weighted by atomic mass is 16.6. The molecule has 0 saturated heterocycles. The van der Waals surface area contributed by atoms with E-state index in [1.54, 1.807) is 0 Å². The summed E-state index contributed by atoms with van der Waals surface area (Å²) < 4.78 is 11.5. The van der Waals surface area contributed by atoms with Crippen LogP contribution in [-0.4, -0.2) is 18.3 Å². The molecule has 0 fully saturated rings. The van der Waals surface area contributed by atoms with Gasteiger partial charge in [-0.1, -0.05) is 66.7 Å². The highest BCUT2D eigenvalue weighted by Gasteiger charge is 2.20. The van der Waals surface area contributed by atoms with Gasteiger partial charge in [-0.25, -0.2) is 4.79 Å². The molecule has 1 amide bonds. The third kappa shape index (κ3) is 5.49. The maximum absolute atomic E-state index is 12.3. The molecule has 4 nitrogen and oxygen atoms in total. The second-order valence-electron chi connectivity index (χ2n) is 7.72. The molecule has 3 aromatic carbocycles. The van der Waals surface area contributed by atoms with E-state index < -0.39 is 11.7 Å². The van der Waals surface area contributed by atoms with Crippen LogP contribution in [0, 0.1) is 0 Å². The standard InChI is InChI=1S/C24H27NO3/c1-24(2,3)28-23(26)25-21(19-11-5-4-6-12-19)16-17-27-22-15-9-13-18-10-7-8-14-20(18)22/h4-15,21H,16-17H2,1-3H3,(H,25,26)/t21-/m0/s1. The first-order valence-corrected chi connectivity index (χ1v) is 9.57. The first-order valence-electron chi connectivity index (χ1n) is 9.57. The molecule has 3 rings (SSSR count). The van der Waals surface area contributed by atoms with Crippen LogP contribution >= 0.6 is 0 Å². The van der Waals surface area contributed by atoms with Gasteiger partial charge < -0.3 is 14.8 Å². The Kier molecular flexibility index (Phi) is 6.19. The van der Waals surface area contributed by atoms with Gasteiger partial charge in [-0.2, -0.15) is 0 Å². The Bertz CT molecular complexity index is 911. The van der Waals surface area contributed by atoms with Gasteiger partial charge in [0, 0.05) is 11.8 Å². The fraction of sp³-hybridized carbons (Fsp3) is 0.292. The van der Waals surface area contributed by atoms with Crippen molar-refractivity contribution in [2.75, 3.05) is 6.61 Å². The van der Waals surface area contributed by atoms with Crippen molar-refractivity contribution in [2.45, 2.75) is 38.8 Å². The monoisotopic (exact) mass is 377 g/mol. The number of carbonyl (C=O) groups excluding carboxylic acids is 1. The summed E-state index contributed by atoms with van der Waals surface area (Å²) in [6.45, 7) is 6.04. The number of hydrogen-bond acceptors (Lipinski definition) is 3. The number of fused-ring (bicyclic) bond motifs is 1. The molecule has 4 heteroatoms. The average Bonchev–Trinajstić information content (AvgIpc) is 2.66. The second-order valence-corrected chi connectivity index (χ2v) is 7.72. The SMILES string of the molecule is CC(C)(C)OC(=O)N[C@@H](CCOc1cccc2ccccc12)c1ccccc1. The van der Waals surface area contributed by atoms with Gasteiger partial charge in [-0.15, -0.1) is 0 Å². The van der Waals surface area contributed by atoms with Gasteiger partial charge in [-0.3, -0.25) is 0 Å². The van der Waals surface area contributed by atoms with Crippen LogP contribution in [-0.2, 0) is 4.74 Å². The number of rotatable bonds is 6. The van der Waals surface area contributed by atoms with Gasteiger partial charge in [-0.05, 0) is 37.8 Å². The van der Waals surface area contributed by atoms with E-state index in [1.165, 1.54) is 0 Å². The lowest BCUT2D eigenvalue weighted by molar-refractivity contribution is 0.0497. The summed E-state index contributed by atoms with van der Waals surface area (Å²) in [6.07, 6.45) is 0.207. The van der Waals surface area contributed by atoms with Gasteiger partial charge in [0.05, 0.1) is 12.6 Å². The van der Waals surface area contributed by atoms with Gasteiger partial charge in [0.2, 0.25) is 0 Å². The quantitative estimate of drug-likeness (QED) is 0.584. The van der Waals surface area contributed by atoms with Gasteiger partial charge >= 0.3 is 6.09 Å². The Morgan fingerprint density at radius 1 is 0.929 bits per heavy atom. The zero-order valence-electron chi connectivity index (χ0n) is 16.6. The molecule has 146 valence electrons. The van der Waals surface area contributed by atoms with Gasteiger partial charge in [0.25, 0.3) is 0 Å². The van der Waals surface area contributed by atoms with Crippen LogP contribution in [0.4, 0.5) is 4.79 Å². The summed E-state index contributed by atoms with van der Waals surface area (Å²) in [4.78, 5) is 12.3. The van der Waals surface area contributed by atoms with Crippen molar-refractivity contribution in [1.29, 1.82) is 0 Å². The lowest BCUT2D eigenvalue weighted by Crippen LogP contribution is -2.35. The highest BCUT2D eigenvalue weighted by Crippen LogP contribution is 2.26. The average molecular weight is 377 g/mol. The van der Waals surface area contributed by atoms with E-state index in [0.717, 1.165) is 22.1 Å². The molecular weight excluding hydrogens is 350 g/mol. The summed E-state index contributed by atoms with van der Waals surface area (Å²) in [6, 6.07) is 23.9. The van der Waals surface area contributed by atoms with Crippen molar-refractivity contribution >= 4 is 16.9 Å². The molecule has 28 heavy (non-hydrogen) atoms. The lowest BCUT2D eigenvalue weighted by Gasteiger charge is -2.24. The molecule has 0 aromatic heterocycles. The first-order chi connectivity index (χ1) is 13.4. The van der Waals surface area contributed by atoms with Crippen LogP contribution in [0.3, 0.4) is 0 Å². The number of nitrogens with one attached hydrogen (secondary N) is 1. The number of carbonyl (C=O) groups is 1. The maximum Gasteiger partial charge on any atom is 0.408 e. The summed E-state index contributed by atoms with van der Waals surface area (Å²) in [5.74, 6) is 0.849. The minimum atomic E-state index is -0.537. The third-order valence-corrected chi connectivity index (χ3v) is 4.31. The molecule has 0 bridgehead atoms. The molecule has 1 atom stereocenters. The molecule has 0 aliphatic carbocycles. The van der Waals surface area contributed by atoms with Gasteiger partial charge in [0.1, 0.15) is 11.4 Å². The fourth-order valence-electron chi connectivity index (χ4n) is 3.07. The Balaban J connectivity index is 1.68. The Morgan fingerprint density at radius 3 is 2.36 bits per heavy atom. The van der Waals surface area contributed by atoms with E-state index in [-0.39, 0.29) is 6.04 Å². The first kappa shape index (κ1) is 19.7. The van der Waals surface area contributed by atoms with Crippen LogP contribution in [0.25, 0.3) is 10.8 Å². The molecule has 0 aliphatic heterocycles. The number of alkyl carbamates (subject to hydrolysis) is 1. The smallest absolute Gasteiger partial charge is 0.408 e. The molecule has 0 unspecified atom stereocenters. The van der Waals surface area contributed by atoms with Crippen molar-refractivity contribution in [1.82, 2.24) is 5.32 Å². The molecule has 0 heterocycles. The molecule has 0 radical (unpaired) electrons. The van der Waals surface area contributed by atoms with E-state index in [0.29, 0.717) is 13.0 Å². The molecule has 3 aromatic rings. The van der Waals surface area contributed by atoms with E-state index in [1.807, 2.05) is 75.4 Å². The summed E-state index contributed by atoms with van der Waals surface area (Å²) in [5.41, 5.74) is 0.486. The normalized spacial score (nSPS) is 12.4. The Labute approximate surface area is 166 Å². The predicted octanol–water partition coefficient (Wildman–Crippen LogP) is 5.87. The van der Waals surface area contributed by atoms with Crippen LogP contribution in [0.5, 0.6) is 5.75 Å². The van der Waals surface area contributed by atoms with E-state index in [9.17, 15) is 4.79 Å². The lowest BCUT2D eigenvalue weighted by atomic mass is 10.0. The molecule has 0 aliphatic rings. The van der Waals surface area contributed by atoms with Crippen molar-refractivity contribution in [3.05, 3.63) is 78.4 Å². The van der Waals surface area contributed by atoms with Crippen LogP contribution in [0.1, 0.15) is 38.8 Å². The van der Waals surface area contributed by atoms with E-state index in [2.05, 4.69) is 23.5 Å². The zero-order chi connectivity index (χ0) is 20.0. The van der Waals surface area contributed by atoms with Gasteiger partial charge in [0.15, 0.2) is 0 Å². The maximum atomic E-state index is 12.3. The predicted molar refractivity (Wildman–Crippen MR) is 113 cm³/mol. The zero-order valence-corrected chi connectivity index (χ0v) is 16.6. The number of ether oxygens (including phenoxy) is 2. The summed E-state index contributed by atoms with van der Waals surface area (Å²) >= 11 is 0. The second kappa shape index (κ2) is 8.79. The van der Waals surface area contributed by atoms with E-state index in [4.69, 9.17) is 9.47 Å². The number of amides is 1. The Hall–Kier alpha value is -3.01. The van der Waals surface area contributed by atoms with Crippen LogP contribution in [0.15, 0.2) is 72.8 Å². The van der Waals surface area contributed by atoms with Crippen LogP contribution in [0.2, 0.25) is 0 Å². The molecule has 1 N–H and O–H groups in total. The van der Waals surface area contributed by atoms with Crippen molar-refractivity contribution in [3.63, 3.8) is 0 Å². The topological polar surface area (TPSA) is 47.6 Å². The Morgan fingerprint density at radius 2 is 1.61 bits per heavy atom. The van der Waals surface area contributed by atoms with Crippen molar-refractivity contribution < 1.29 is 14.3 Å².